The first-order chi connectivity index (χ1) is 6.61. The van der Waals surface area contributed by atoms with E-state index in [2.05, 4.69) is 5.32 Å². The number of hydrogen-bond acceptors (Lipinski definition) is 3. The summed E-state index contributed by atoms with van der Waals surface area (Å²) < 4.78 is 4.94. The Morgan fingerprint density at radius 2 is 2.00 bits per heavy atom. The molecule has 0 saturated heterocycles. The van der Waals surface area contributed by atoms with Gasteiger partial charge in [-0.2, -0.15) is 0 Å². The van der Waals surface area contributed by atoms with E-state index in [4.69, 9.17) is 4.74 Å². The first-order valence-electron chi connectivity index (χ1n) is 5.07. The van der Waals surface area contributed by atoms with Gasteiger partial charge in [0.1, 0.15) is 6.04 Å². The number of esters is 1. The second kappa shape index (κ2) is 7.35. The summed E-state index contributed by atoms with van der Waals surface area (Å²) in [6.45, 7) is 5.82. The Kier molecular flexibility index (Phi) is 6.80. The molecule has 0 aromatic heterocycles. The average molecular weight is 201 g/mol. The molecule has 1 unspecified atom stereocenters. The van der Waals surface area contributed by atoms with Crippen LogP contribution < -0.4 is 5.32 Å². The van der Waals surface area contributed by atoms with Gasteiger partial charge in [0.05, 0.1) is 6.61 Å². The van der Waals surface area contributed by atoms with Crippen molar-refractivity contribution in [3.8, 4) is 0 Å². The van der Waals surface area contributed by atoms with Crippen LogP contribution >= 0.6 is 0 Å². The van der Waals surface area contributed by atoms with Crippen LogP contribution in [0.15, 0.2) is 0 Å². The van der Waals surface area contributed by atoms with Gasteiger partial charge >= 0.3 is 5.97 Å². The number of rotatable bonds is 6. The topological polar surface area (TPSA) is 55.4 Å². The van der Waals surface area contributed by atoms with E-state index in [9.17, 15) is 9.59 Å². The molecule has 0 aliphatic carbocycles. The van der Waals surface area contributed by atoms with Gasteiger partial charge in [-0.15, -0.1) is 0 Å². The second-order valence-corrected chi connectivity index (χ2v) is 3.16. The highest BCUT2D eigenvalue weighted by atomic mass is 16.5. The second-order valence-electron chi connectivity index (χ2n) is 3.16. The zero-order valence-electron chi connectivity index (χ0n) is 9.13. The molecule has 0 fully saturated rings. The minimum absolute atomic E-state index is 0.134. The third-order valence-corrected chi connectivity index (χ3v) is 1.79. The number of hydrogen-bond donors (Lipinski definition) is 1. The average Bonchev–Trinajstić information content (AvgIpc) is 2.17. The van der Waals surface area contributed by atoms with Crippen LogP contribution in [-0.4, -0.2) is 24.5 Å². The SMILES string of the molecule is CCCCOC(=O)C(C)NC(=O)CC. The van der Waals surface area contributed by atoms with Gasteiger partial charge in [-0.25, -0.2) is 4.79 Å². The maximum Gasteiger partial charge on any atom is 0.328 e. The third kappa shape index (κ3) is 5.56. The first-order valence-corrected chi connectivity index (χ1v) is 5.07. The number of ether oxygens (including phenoxy) is 1. The molecule has 1 atom stereocenters. The Labute approximate surface area is 85.0 Å². The van der Waals surface area contributed by atoms with Gasteiger partial charge in [0.15, 0.2) is 0 Å². The lowest BCUT2D eigenvalue weighted by molar-refractivity contribution is -0.147. The molecule has 0 aromatic carbocycles. The van der Waals surface area contributed by atoms with Crippen LogP contribution in [0.5, 0.6) is 0 Å². The molecule has 0 aliphatic rings. The van der Waals surface area contributed by atoms with Crippen molar-refractivity contribution in [2.24, 2.45) is 0 Å². The summed E-state index contributed by atoms with van der Waals surface area (Å²) in [6, 6.07) is -0.542. The maximum absolute atomic E-state index is 11.2. The van der Waals surface area contributed by atoms with Gasteiger partial charge in [-0.05, 0) is 13.3 Å². The van der Waals surface area contributed by atoms with Crippen molar-refractivity contribution in [2.75, 3.05) is 6.61 Å². The molecule has 1 N–H and O–H groups in total. The summed E-state index contributed by atoms with van der Waals surface area (Å²) in [6.07, 6.45) is 2.23. The van der Waals surface area contributed by atoms with Gasteiger partial charge in [0.2, 0.25) is 5.91 Å². The molecule has 82 valence electrons. The number of nitrogens with one attached hydrogen (secondary N) is 1. The van der Waals surface area contributed by atoms with Crippen LogP contribution in [0.4, 0.5) is 0 Å². The molecule has 0 rings (SSSR count). The zero-order chi connectivity index (χ0) is 11.0. The van der Waals surface area contributed by atoms with E-state index in [1.165, 1.54) is 0 Å². The van der Waals surface area contributed by atoms with Crippen molar-refractivity contribution in [2.45, 2.75) is 46.1 Å². The quantitative estimate of drug-likeness (QED) is 0.519. The van der Waals surface area contributed by atoms with E-state index in [1.807, 2.05) is 6.92 Å². The molecule has 0 radical (unpaired) electrons. The lowest BCUT2D eigenvalue weighted by Gasteiger charge is -2.12. The Morgan fingerprint density at radius 1 is 1.36 bits per heavy atom. The molecular formula is C10H19NO3. The van der Waals surface area contributed by atoms with E-state index in [1.54, 1.807) is 13.8 Å². The highest BCUT2D eigenvalue weighted by molar-refractivity contribution is 5.83. The number of unbranched alkanes of at least 4 members (excludes halogenated alkanes) is 1. The highest BCUT2D eigenvalue weighted by Gasteiger charge is 2.15. The number of carbonyl (C=O) groups excluding carboxylic acids is 2. The summed E-state index contributed by atoms with van der Waals surface area (Å²) >= 11 is 0. The summed E-state index contributed by atoms with van der Waals surface area (Å²) in [5.74, 6) is -0.495. The van der Waals surface area contributed by atoms with Crippen LogP contribution in [0.2, 0.25) is 0 Å². The molecule has 0 saturated carbocycles. The van der Waals surface area contributed by atoms with Crippen molar-refractivity contribution in [3.05, 3.63) is 0 Å². The molecule has 14 heavy (non-hydrogen) atoms. The minimum Gasteiger partial charge on any atom is -0.464 e. The van der Waals surface area contributed by atoms with Crippen molar-refractivity contribution in [1.29, 1.82) is 0 Å². The molecule has 0 aromatic rings. The molecule has 4 heteroatoms. The Morgan fingerprint density at radius 3 is 2.50 bits per heavy atom. The monoisotopic (exact) mass is 201 g/mol. The summed E-state index contributed by atoms with van der Waals surface area (Å²) in [4.78, 5) is 22.2. The summed E-state index contributed by atoms with van der Waals surface area (Å²) in [5.41, 5.74) is 0. The fraction of sp³-hybridized carbons (Fsp3) is 0.800. The third-order valence-electron chi connectivity index (χ3n) is 1.79. The van der Waals surface area contributed by atoms with Crippen LogP contribution in [-0.2, 0) is 14.3 Å². The lowest BCUT2D eigenvalue weighted by Crippen LogP contribution is -2.39. The van der Waals surface area contributed by atoms with Crippen LogP contribution in [0.25, 0.3) is 0 Å². The largest absolute Gasteiger partial charge is 0.464 e. The smallest absolute Gasteiger partial charge is 0.328 e. The standard InChI is InChI=1S/C10H19NO3/c1-4-6-7-14-10(13)8(3)11-9(12)5-2/h8H,4-7H2,1-3H3,(H,11,12). The fourth-order valence-electron chi connectivity index (χ4n) is 0.845. The van der Waals surface area contributed by atoms with Gasteiger partial charge in [0, 0.05) is 6.42 Å². The Balaban J connectivity index is 3.70. The molecule has 1 amide bonds. The molecule has 4 nitrogen and oxygen atoms in total. The number of amides is 1. The molecule has 0 spiro atoms. The molecule has 0 heterocycles. The van der Waals surface area contributed by atoms with Gasteiger partial charge in [-0.1, -0.05) is 20.3 Å². The Hall–Kier alpha value is -1.06. The van der Waals surface area contributed by atoms with E-state index in [-0.39, 0.29) is 11.9 Å². The molecule has 0 bridgehead atoms. The minimum atomic E-state index is -0.542. The van der Waals surface area contributed by atoms with Crippen molar-refractivity contribution < 1.29 is 14.3 Å². The fourth-order valence-corrected chi connectivity index (χ4v) is 0.845. The van der Waals surface area contributed by atoms with E-state index < -0.39 is 6.04 Å². The predicted octanol–water partition coefficient (Wildman–Crippen LogP) is 1.24. The lowest BCUT2D eigenvalue weighted by atomic mass is 10.3. The van der Waals surface area contributed by atoms with Crippen LogP contribution in [0, 0.1) is 0 Å². The normalized spacial score (nSPS) is 11.9. The zero-order valence-corrected chi connectivity index (χ0v) is 9.13. The molecular weight excluding hydrogens is 182 g/mol. The highest BCUT2D eigenvalue weighted by Crippen LogP contribution is 1.93. The van der Waals surface area contributed by atoms with E-state index in [0.717, 1.165) is 12.8 Å². The van der Waals surface area contributed by atoms with Gasteiger partial charge < -0.3 is 10.1 Å². The predicted molar refractivity (Wildman–Crippen MR) is 53.8 cm³/mol. The van der Waals surface area contributed by atoms with Crippen molar-refractivity contribution in [1.82, 2.24) is 5.32 Å². The molecule has 0 aliphatic heterocycles. The summed E-state index contributed by atoms with van der Waals surface area (Å²) in [5, 5.41) is 2.54. The van der Waals surface area contributed by atoms with E-state index in [0.29, 0.717) is 13.0 Å². The first kappa shape index (κ1) is 12.9. The maximum atomic E-state index is 11.2. The van der Waals surface area contributed by atoms with E-state index >= 15 is 0 Å². The van der Waals surface area contributed by atoms with Crippen LogP contribution in [0.3, 0.4) is 0 Å². The van der Waals surface area contributed by atoms with Gasteiger partial charge in [0.25, 0.3) is 0 Å². The Bertz CT molecular complexity index is 192. The van der Waals surface area contributed by atoms with Crippen LogP contribution in [0.1, 0.15) is 40.0 Å². The van der Waals surface area contributed by atoms with Crippen molar-refractivity contribution >= 4 is 11.9 Å². The number of carbonyl (C=O) groups is 2. The summed E-state index contributed by atoms with van der Waals surface area (Å²) in [7, 11) is 0. The van der Waals surface area contributed by atoms with Crippen molar-refractivity contribution in [3.63, 3.8) is 0 Å². The van der Waals surface area contributed by atoms with Gasteiger partial charge in [-0.3, -0.25) is 4.79 Å².